The lowest BCUT2D eigenvalue weighted by molar-refractivity contribution is 0.287. The molecule has 3 nitrogen and oxygen atoms in total. The summed E-state index contributed by atoms with van der Waals surface area (Å²) in [7, 11) is 2.27. The molecular formula is C12H28BN3. The minimum Gasteiger partial charge on any atom is -0.317 e. The average Bonchev–Trinajstić information content (AvgIpc) is 2.27. The van der Waals surface area contributed by atoms with Crippen LogP contribution in [0, 0.1) is 5.92 Å². The molecule has 1 rings (SSSR count). The predicted octanol–water partition coefficient (Wildman–Crippen LogP) is 0.341. The van der Waals surface area contributed by atoms with E-state index in [1.165, 1.54) is 25.6 Å². The molecule has 0 aromatic heterocycles. The van der Waals surface area contributed by atoms with E-state index < -0.39 is 0 Å². The highest BCUT2D eigenvalue weighted by Gasteiger charge is 2.18. The average molecular weight is 225 g/mol. The lowest BCUT2D eigenvalue weighted by Crippen LogP contribution is -2.50. The lowest BCUT2D eigenvalue weighted by atomic mass is 9.88. The van der Waals surface area contributed by atoms with Crippen LogP contribution in [0.1, 0.15) is 33.1 Å². The first-order valence-electron chi connectivity index (χ1n) is 6.94. The standard InChI is InChI=1S/C12H28BN3/c1-10(4-6-13)12-5-9-14-7-3-8-15-11(2)16-12/h10-12,14-16H,3-9,13H2,1-2H3. The van der Waals surface area contributed by atoms with Crippen LogP contribution in [0.5, 0.6) is 0 Å². The maximum Gasteiger partial charge on any atom is 0.101 e. The van der Waals surface area contributed by atoms with Crippen molar-refractivity contribution in [1.29, 1.82) is 0 Å². The minimum atomic E-state index is 0.447. The van der Waals surface area contributed by atoms with Gasteiger partial charge in [-0.15, -0.1) is 0 Å². The molecule has 0 saturated carbocycles. The molecule has 0 aromatic carbocycles. The molecule has 0 aliphatic carbocycles. The quantitative estimate of drug-likeness (QED) is 0.606. The molecule has 0 amide bonds. The van der Waals surface area contributed by atoms with Crippen molar-refractivity contribution in [2.75, 3.05) is 19.6 Å². The van der Waals surface area contributed by atoms with Gasteiger partial charge in [-0.05, 0) is 45.3 Å². The predicted molar refractivity (Wildman–Crippen MR) is 73.6 cm³/mol. The Bertz CT molecular complexity index is 178. The molecule has 4 heteroatoms. The van der Waals surface area contributed by atoms with Crippen LogP contribution < -0.4 is 16.0 Å². The normalized spacial score (nSPS) is 30.9. The van der Waals surface area contributed by atoms with E-state index in [-0.39, 0.29) is 0 Å². The molecule has 0 radical (unpaired) electrons. The second kappa shape index (κ2) is 8.10. The van der Waals surface area contributed by atoms with E-state index in [9.17, 15) is 0 Å². The molecule has 1 saturated heterocycles. The Morgan fingerprint density at radius 2 is 2.12 bits per heavy atom. The first kappa shape index (κ1) is 14.0. The molecule has 16 heavy (non-hydrogen) atoms. The molecule has 0 bridgehead atoms. The third kappa shape index (κ3) is 5.33. The van der Waals surface area contributed by atoms with Gasteiger partial charge < -0.3 is 10.6 Å². The molecule has 94 valence electrons. The summed E-state index contributed by atoms with van der Waals surface area (Å²) in [6, 6.07) is 0.646. The zero-order valence-electron chi connectivity index (χ0n) is 11.2. The fraction of sp³-hybridized carbons (Fsp3) is 1.00. The lowest BCUT2D eigenvalue weighted by Gasteiger charge is -2.30. The number of nitrogens with one attached hydrogen (secondary N) is 3. The molecule has 1 fully saturated rings. The van der Waals surface area contributed by atoms with Gasteiger partial charge in [0.05, 0.1) is 6.17 Å². The highest BCUT2D eigenvalue weighted by molar-refractivity contribution is 6.08. The van der Waals surface area contributed by atoms with Crippen LogP contribution in [0.2, 0.25) is 6.32 Å². The Labute approximate surface area is 102 Å². The van der Waals surface area contributed by atoms with Crippen molar-refractivity contribution in [3.63, 3.8) is 0 Å². The topological polar surface area (TPSA) is 36.1 Å². The third-order valence-electron chi connectivity index (χ3n) is 3.51. The zero-order valence-corrected chi connectivity index (χ0v) is 11.2. The monoisotopic (exact) mass is 225 g/mol. The molecule has 0 spiro atoms. The SMILES string of the molecule is BCCC(C)C1CCNCCCNC(C)N1. The summed E-state index contributed by atoms with van der Waals surface area (Å²) in [5.41, 5.74) is 0. The highest BCUT2D eigenvalue weighted by Crippen LogP contribution is 2.13. The summed E-state index contributed by atoms with van der Waals surface area (Å²) >= 11 is 0. The Morgan fingerprint density at radius 1 is 1.31 bits per heavy atom. The van der Waals surface area contributed by atoms with Crippen molar-refractivity contribution in [2.24, 2.45) is 5.92 Å². The van der Waals surface area contributed by atoms with Crippen LogP contribution in [0.25, 0.3) is 0 Å². The van der Waals surface area contributed by atoms with Gasteiger partial charge >= 0.3 is 0 Å². The van der Waals surface area contributed by atoms with Gasteiger partial charge in [-0.2, -0.15) is 0 Å². The highest BCUT2D eigenvalue weighted by atomic mass is 15.1. The first-order chi connectivity index (χ1) is 7.74. The van der Waals surface area contributed by atoms with Crippen molar-refractivity contribution in [3.8, 4) is 0 Å². The second-order valence-electron chi connectivity index (χ2n) is 5.11. The molecule has 3 unspecified atom stereocenters. The van der Waals surface area contributed by atoms with Gasteiger partial charge in [0.15, 0.2) is 0 Å². The molecule has 1 heterocycles. The summed E-state index contributed by atoms with van der Waals surface area (Å²) in [6.45, 7) is 8.02. The summed E-state index contributed by atoms with van der Waals surface area (Å²) < 4.78 is 0. The number of rotatable bonds is 3. The van der Waals surface area contributed by atoms with Gasteiger partial charge in [-0.1, -0.05) is 19.7 Å². The molecule has 1 aliphatic heterocycles. The van der Waals surface area contributed by atoms with E-state index in [0.717, 1.165) is 25.6 Å². The van der Waals surface area contributed by atoms with Gasteiger partial charge in [0.2, 0.25) is 0 Å². The van der Waals surface area contributed by atoms with E-state index in [1.54, 1.807) is 0 Å². The summed E-state index contributed by atoms with van der Waals surface area (Å²) in [6.07, 6.45) is 5.52. The summed E-state index contributed by atoms with van der Waals surface area (Å²) in [4.78, 5) is 0. The molecule has 0 aromatic rings. The van der Waals surface area contributed by atoms with E-state index in [0.29, 0.717) is 12.2 Å². The first-order valence-corrected chi connectivity index (χ1v) is 6.94. The molecule has 3 atom stereocenters. The van der Waals surface area contributed by atoms with E-state index in [4.69, 9.17) is 0 Å². The van der Waals surface area contributed by atoms with Crippen molar-refractivity contribution in [1.82, 2.24) is 16.0 Å². The fourth-order valence-electron chi connectivity index (χ4n) is 2.48. The Hall–Kier alpha value is -0.0551. The smallest absolute Gasteiger partial charge is 0.101 e. The summed E-state index contributed by atoms with van der Waals surface area (Å²) in [5.74, 6) is 0.774. The Kier molecular flexibility index (Phi) is 7.09. The van der Waals surface area contributed by atoms with E-state index >= 15 is 0 Å². The molecule has 3 N–H and O–H groups in total. The van der Waals surface area contributed by atoms with Crippen molar-refractivity contribution in [2.45, 2.75) is 51.6 Å². The van der Waals surface area contributed by atoms with E-state index in [2.05, 4.69) is 37.6 Å². The number of hydrogen-bond donors (Lipinski definition) is 3. The second-order valence-corrected chi connectivity index (χ2v) is 5.11. The van der Waals surface area contributed by atoms with Crippen LogP contribution >= 0.6 is 0 Å². The van der Waals surface area contributed by atoms with Gasteiger partial charge in [0, 0.05) is 6.04 Å². The van der Waals surface area contributed by atoms with E-state index in [1.807, 2.05) is 0 Å². The van der Waals surface area contributed by atoms with Crippen molar-refractivity contribution < 1.29 is 0 Å². The van der Waals surface area contributed by atoms with Gasteiger partial charge in [-0.25, -0.2) is 0 Å². The fourth-order valence-corrected chi connectivity index (χ4v) is 2.48. The van der Waals surface area contributed by atoms with Crippen molar-refractivity contribution in [3.05, 3.63) is 0 Å². The Morgan fingerprint density at radius 3 is 2.88 bits per heavy atom. The molecular weight excluding hydrogens is 197 g/mol. The largest absolute Gasteiger partial charge is 0.317 e. The van der Waals surface area contributed by atoms with Gasteiger partial charge in [0.25, 0.3) is 0 Å². The Balaban J connectivity index is 2.42. The van der Waals surface area contributed by atoms with Crippen LogP contribution in [-0.2, 0) is 0 Å². The zero-order chi connectivity index (χ0) is 11.8. The van der Waals surface area contributed by atoms with Crippen LogP contribution in [0.3, 0.4) is 0 Å². The molecule has 1 aliphatic rings. The maximum atomic E-state index is 3.72. The van der Waals surface area contributed by atoms with Crippen LogP contribution in [-0.4, -0.2) is 39.7 Å². The van der Waals surface area contributed by atoms with Gasteiger partial charge in [-0.3, -0.25) is 5.32 Å². The van der Waals surface area contributed by atoms with Crippen LogP contribution in [0.15, 0.2) is 0 Å². The van der Waals surface area contributed by atoms with Gasteiger partial charge in [0.1, 0.15) is 7.85 Å². The minimum absolute atomic E-state index is 0.447. The van der Waals surface area contributed by atoms with Crippen molar-refractivity contribution >= 4 is 7.85 Å². The third-order valence-corrected chi connectivity index (χ3v) is 3.51. The maximum absolute atomic E-state index is 3.72. The number of hydrogen-bond acceptors (Lipinski definition) is 3. The van der Waals surface area contributed by atoms with Crippen LogP contribution in [0.4, 0.5) is 0 Å². The summed E-state index contributed by atoms with van der Waals surface area (Å²) in [5, 5.41) is 10.8.